The Balaban J connectivity index is 0.00000182. The molecule has 2 saturated heterocycles. The molecule has 1 N–H and O–H groups in total. The van der Waals surface area contributed by atoms with Gasteiger partial charge in [0.25, 0.3) is 11.1 Å². The minimum atomic E-state index is -0.0332. The molecule has 2 aromatic rings. The van der Waals surface area contributed by atoms with Crippen molar-refractivity contribution in [1.82, 2.24) is 15.2 Å². The summed E-state index contributed by atoms with van der Waals surface area (Å²) >= 11 is 1.45. The first-order valence-corrected chi connectivity index (χ1v) is 9.84. The van der Waals surface area contributed by atoms with Crippen LogP contribution in [0.1, 0.15) is 42.5 Å². The van der Waals surface area contributed by atoms with Crippen molar-refractivity contribution in [3.05, 3.63) is 23.8 Å². The summed E-state index contributed by atoms with van der Waals surface area (Å²) in [6.45, 7) is 0. The van der Waals surface area contributed by atoms with Gasteiger partial charge in [0.05, 0.1) is 5.56 Å². The first kappa shape index (κ1) is 18.5. The van der Waals surface area contributed by atoms with Gasteiger partial charge in [-0.1, -0.05) is 24.2 Å². The van der Waals surface area contributed by atoms with Gasteiger partial charge in [-0.05, 0) is 51.1 Å². The van der Waals surface area contributed by atoms with Crippen LogP contribution < -0.4 is 5.32 Å². The summed E-state index contributed by atoms with van der Waals surface area (Å²) in [6.07, 6.45) is 7.82. The minimum absolute atomic E-state index is 0. The Kier molecular flexibility index (Phi) is 5.61. The molecule has 2 fully saturated rings. The maximum absolute atomic E-state index is 12.8. The number of benzene rings is 1. The van der Waals surface area contributed by atoms with Crippen LogP contribution in [-0.2, 0) is 0 Å². The van der Waals surface area contributed by atoms with Gasteiger partial charge in [0.2, 0.25) is 0 Å². The van der Waals surface area contributed by atoms with Crippen molar-refractivity contribution in [3.8, 4) is 0 Å². The van der Waals surface area contributed by atoms with E-state index in [1.807, 2.05) is 24.5 Å². The number of fused-ring (bicyclic) bond motifs is 3. The van der Waals surface area contributed by atoms with E-state index in [9.17, 15) is 4.79 Å². The third-order valence-corrected chi connectivity index (χ3v) is 6.02. The number of amides is 1. The number of piperidine rings is 2. The lowest BCUT2D eigenvalue weighted by Gasteiger charge is -2.47. The number of nitrogens with zero attached hydrogens (tertiary/aromatic N) is 2. The second kappa shape index (κ2) is 7.56. The quantitative estimate of drug-likeness (QED) is 0.821. The number of carbonyl (C=O) groups is 1. The predicted octanol–water partition coefficient (Wildman–Crippen LogP) is 3.72. The molecule has 25 heavy (non-hydrogen) atoms. The Morgan fingerprint density at radius 3 is 2.72 bits per heavy atom. The van der Waals surface area contributed by atoms with Crippen molar-refractivity contribution in [2.45, 2.75) is 55.5 Å². The second-order valence-corrected chi connectivity index (χ2v) is 7.64. The van der Waals surface area contributed by atoms with Gasteiger partial charge in [-0.2, -0.15) is 0 Å². The average Bonchev–Trinajstić information content (AvgIpc) is 2.99. The average molecular weight is 382 g/mol. The maximum Gasteiger partial charge on any atom is 0.256 e. The first-order chi connectivity index (χ1) is 11.7. The molecule has 1 amide bonds. The molecule has 4 rings (SSSR count). The Bertz CT molecular complexity index is 752. The van der Waals surface area contributed by atoms with Crippen molar-refractivity contribution in [2.75, 3.05) is 13.3 Å². The normalized spacial score (nSPS) is 26.2. The number of rotatable bonds is 3. The molecule has 2 bridgehead atoms. The first-order valence-electron chi connectivity index (χ1n) is 8.62. The number of aromatic nitrogens is 1. The molecule has 3 heterocycles. The van der Waals surface area contributed by atoms with Crippen LogP contribution in [0.5, 0.6) is 0 Å². The number of oxazole rings is 1. The molecule has 2 unspecified atom stereocenters. The highest BCUT2D eigenvalue weighted by molar-refractivity contribution is 7.98. The zero-order valence-corrected chi connectivity index (χ0v) is 16.2. The van der Waals surface area contributed by atoms with Crippen LogP contribution in [0.3, 0.4) is 0 Å². The van der Waals surface area contributed by atoms with Crippen molar-refractivity contribution >= 4 is 41.2 Å². The lowest BCUT2D eigenvalue weighted by molar-refractivity contribution is 0.0463. The van der Waals surface area contributed by atoms with Crippen LogP contribution >= 0.6 is 24.2 Å². The monoisotopic (exact) mass is 381 g/mol. The second-order valence-electron chi connectivity index (χ2n) is 6.88. The molecule has 0 spiro atoms. The van der Waals surface area contributed by atoms with Crippen LogP contribution in [0, 0.1) is 0 Å². The van der Waals surface area contributed by atoms with E-state index in [1.165, 1.54) is 31.0 Å². The van der Waals surface area contributed by atoms with E-state index in [0.717, 1.165) is 12.8 Å². The number of thioether (sulfide) groups is 1. The van der Waals surface area contributed by atoms with Gasteiger partial charge in [-0.15, -0.1) is 12.4 Å². The maximum atomic E-state index is 12.8. The number of para-hydroxylation sites is 1. The molecule has 2 atom stereocenters. The topological polar surface area (TPSA) is 58.4 Å². The molecule has 0 aliphatic carbocycles. The summed E-state index contributed by atoms with van der Waals surface area (Å²) in [5.41, 5.74) is 1.94. The molecule has 2 aliphatic heterocycles. The van der Waals surface area contributed by atoms with Gasteiger partial charge < -0.3 is 14.6 Å². The molecule has 1 aromatic carbocycles. The number of hydrogen-bond donors (Lipinski definition) is 1. The van der Waals surface area contributed by atoms with Gasteiger partial charge in [-0.25, -0.2) is 4.98 Å². The van der Waals surface area contributed by atoms with Gasteiger partial charge >= 0.3 is 0 Å². The van der Waals surface area contributed by atoms with Crippen molar-refractivity contribution in [2.24, 2.45) is 0 Å². The molecule has 1 aromatic heterocycles. The molecule has 2 aliphatic rings. The van der Waals surface area contributed by atoms with Crippen LogP contribution in [0.4, 0.5) is 0 Å². The summed E-state index contributed by atoms with van der Waals surface area (Å²) in [7, 11) is 2.23. The van der Waals surface area contributed by atoms with E-state index < -0.39 is 0 Å². The van der Waals surface area contributed by atoms with Crippen molar-refractivity contribution in [1.29, 1.82) is 0 Å². The smallest absolute Gasteiger partial charge is 0.256 e. The van der Waals surface area contributed by atoms with Crippen LogP contribution in [0.15, 0.2) is 27.8 Å². The zero-order valence-electron chi connectivity index (χ0n) is 14.5. The minimum Gasteiger partial charge on any atom is -0.431 e. The summed E-state index contributed by atoms with van der Waals surface area (Å²) in [4.78, 5) is 19.8. The van der Waals surface area contributed by atoms with E-state index in [-0.39, 0.29) is 24.4 Å². The fraction of sp³-hybridized carbons (Fsp3) is 0.556. The highest BCUT2D eigenvalue weighted by Gasteiger charge is 2.36. The van der Waals surface area contributed by atoms with Gasteiger partial charge in [0.1, 0.15) is 5.52 Å². The molecule has 7 heteroatoms. The highest BCUT2D eigenvalue weighted by atomic mass is 35.5. The number of nitrogens with one attached hydrogen (secondary N) is 1. The van der Waals surface area contributed by atoms with Crippen LogP contribution in [0.2, 0.25) is 0 Å². The lowest BCUT2D eigenvalue weighted by Crippen LogP contribution is -2.55. The van der Waals surface area contributed by atoms with Crippen LogP contribution in [0.25, 0.3) is 11.1 Å². The van der Waals surface area contributed by atoms with Gasteiger partial charge in [0.15, 0.2) is 5.58 Å². The Hall–Kier alpha value is -1.24. The molecule has 136 valence electrons. The van der Waals surface area contributed by atoms with E-state index >= 15 is 0 Å². The number of carbonyl (C=O) groups excluding carboxylic acids is 1. The molecule has 0 saturated carbocycles. The third kappa shape index (κ3) is 3.52. The van der Waals surface area contributed by atoms with Gasteiger partial charge in [-0.3, -0.25) is 4.79 Å². The number of halogens is 1. The largest absolute Gasteiger partial charge is 0.431 e. The van der Waals surface area contributed by atoms with E-state index in [2.05, 4.69) is 22.2 Å². The van der Waals surface area contributed by atoms with Crippen LogP contribution in [-0.4, -0.2) is 47.2 Å². The molecule has 5 nitrogen and oxygen atoms in total. The van der Waals surface area contributed by atoms with E-state index in [4.69, 9.17) is 4.42 Å². The lowest BCUT2D eigenvalue weighted by atomic mass is 9.82. The Morgan fingerprint density at radius 2 is 2.04 bits per heavy atom. The third-order valence-electron chi connectivity index (χ3n) is 5.49. The summed E-state index contributed by atoms with van der Waals surface area (Å²) in [5.74, 6) is -0.0332. The molecular formula is C18H24ClN3O2S. The fourth-order valence-electron chi connectivity index (χ4n) is 4.20. The summed E-state index contributed by atoms with van der Waals surface area (Å²) in [6, 6.07) is 7.02. The van der Waals surface area contributed by atoms with E-state index in [0.29, 0.717) is 34.0 Å². The van der Waals surface area contributed by atoms with Crippen molar-refractivity contribution < 1.29 is 9.21 Å². The summed E-state index contributed by atoms with van der Waals surface area (Å²) in [5, 5.41) is 3.85. The highest BCUT2D eigenvalue weighted by Crippen LogP contribution is 2.33. The Labute approximate surface area is 158 Å². The SMILES string of the molecule is CSc1nc2c(C(=O)NC3CC4CCCC(C3)N4C)cccc2o1.Cl. The number of hydrogen-bond acceptors (Lipinski definition) is 5. The molecular weight excluding hydrogens is 358 g/mol. The van der Waals surface area contributed by atoms with Gasteiger partial charge in [0, 0.05) is 18.1 Å². The van der Waals surface area contributed by atoms with E-state index in [1.54, 1.807) is 0 Å². The standard InChI is InChI=1S/C18H23N3O2S.ClH/c1-21-12-5-3-6-13(21)10-11(9-12)19-17(22)14-7-4-8-15-16(14)20-18(23-15)24-2;/h4,7-8,11-13H,3,5-6,9-10H2,1-2H3,(H,19,22);1H. The zero-order chi connectivity index (χ0) is 16.7. The fourth-order valence-corrected chi connectivity index (χ4v) is 4.55. The Morgan fingerprint density at radius 1 is 1.32 bits per heavy atom. The molecule has 0 radical (unpaired) electrons. The van der Waals surface area contributed by atoms with Crippen molar-refractivity contribution in [3.63, 3.8) is 0 Å². The summed E-state index contributed by atoms with van der Waals surface area (Å²) < 4.78 is 5.64. The predicted molar refractivity (Wildman–Crippen MR) is 103 cm³/mol.